The number of anilines is 1. The van der Waals surface area contributed by atoms with E-state index in [1.165, 1.54) is 20.2 Å². The second-order valence-corrected chi connectivity index (χ2v) is 7.54. The van der Waals surface area contributed by atoms with Gasteiger partial charge in [-0.15, -0.1) is 0 Å². The van der Waals surface area contributed by atoms with Gasteiger partial charge in [-0.25, -0.2) is 19.7 Å². The van der Waals surface area contributed by atoms with Crippen molar-refractivity contribution in [3.63, 3.8) is 0 Å². The summed E-state index contributed by atoms with van der Waals surface area (Å²) in [6, 6.07) is 0. The first kappa shape index (κ1) is 17.4. The van der Waals surface area contributed by atoms with E-state index in [2.05, 4.69) is 15.0 Å². The number of nitrogens with two attached hydrogens (primary N) is 1. The lowest BCUT2D eigenvalue weighted by molar-refractivity contribution is -0.185. The summed E-state index contributed by atoms with van der Waals surface area (Å²) in [5, 5.41) is 39.2. The first-order valence-electron chi connectivity index (χ1n) is 7.61. The van der Waals surface area contributed by atoms with Gasteiger partial charge in [0.2, 0.25) is 0 Å². The number of carbonyl (C=O) groups is 1. The van der Waals surface area contributed by atoms with E-state index in [9.17, 15) is 20.1 Å². The number of nitrogen functional groups attached to an aromatic ring is 1. The van der Waals surface area contributed by atoms with Crippen molar-refractivity contribution in [2.75, 3.05) is 5.73 Å². The number of carboxylic acids is 1. The van der Waals surface area contributed by atoms with Crippen molar-refractivity contribution in [1.82, 2.24) is 19.5 Å². The Kier molecular flexibility index (Phi) is 3.08. The number of hydrogen-bond acceptors (Lipinski definition) is 9. The normalized spacial score (nSPS) is 38.9. The second kappa shape index (κ2) is 4.61. The van der Waals surface area contributed by atoms with Crippen molar-refractivity contribution < 1.29 is 30.0 Å². The van der Waals surface area contributed by atoms with E-state index in [0.29, 0.717) is 0 Å². The maximum Gasteiger partial charge on any atom is 0.335 e. The predicted octanol–water partition coefficient (Wildman–Crippen LogP) is -1.40. The number of imidazole rings is 1. The molecule has 0 amide bonds. The van der Waals surface area contributed by atoms with Crippen LogP contribution in [-0.2, 0) is 14.7 Å². The zero-order valence-corrected chi connectivity index (χ0v) is 14.4. The van der Waals surface area contributed by atoms with E-state index in [1.807, 2.05) is 0 Å². The average molecular weight is 386 g/mol. The summed E-state index contributed by atoms with van der Waals surface area (Å²) in [4.78, 5) is 23.1. The third-order valence-corrected chi connectivity index (χ3v) is 6.24. The summed E-state index contributed by atoms with van der Waals surface area (Å²) in [6.07, 6.45) is -1.48. The Morgan fingerprint density at radius 1 is 1.38 bits per heavy atom. The largest absolute Gasteiger partial charge is 0.479 e. The van der Waals surface area contributed by atoms with Gasteiger partial charge in [-0.2, -0.15) is 0 Å². The van der Waals surface area contributed by atoms with Crippen LogP contribution in [0.5, 0.6) is 0 Å². The van der Waals surface area contributed by atoms with Gasteiger partial charge in [-0.1, -0.05) is 25.4 Å². The predicted molar refractivity (Wildman–Crippen MR) is 85.8 cm³/mol. The number of aromatic nitrogens is 4. The number of aliphatic hydroxyl groups is 3. The van der Waals surface area contributed by atoms with Crippen LogP contribution in [0, 0.1) is 5.41 Å². The lowest BCUT2D eigenvalue weighted by atomic mass is 9.97. The van der Waals surface area contributed by atoms with Crippen LogP contribution in [0.15, 0.2) is 12.7 Å². The van der Waals surface area contributed by atoms with E-state index in [4.69, 9.17) is 27.2 Å². The highest BCUT2D eigenvalue weighted by molar-refractivity contribution is 6.23. The number of ether oxygens (including phenoxy) is 1. The van der Waals surface area contributed by atoms with Gasteiger partial charge >= 0.3 is 5.97 Å². The van der Waals surface area contributed by atoms with Crippen LogP contribution in [0.25, 0.3) is 11.2 Å². The molecule has 2 aliphatic rings. The fraction of sp³-hybridized carbons (Fsp3) is 0.571. The van der Waals surface area contributed by atoms with Gasteiger partial charge in [0.05, 0.1) is 0 Å². The number of fused-ring (bicyclic) bond motifs is 2. The summed E-state index contributed by atoms with van der Waals surface area (Å²) >= 11 is 6.61. The van der Waals surface area contributed by atoms with E-state index in [1.54, 1.807) is 0 Å². The number of carboxylic acid groups (broad SMARTS) is 1. The quantitative estimate of drug-likeness (QED) is 0.395. The summed E-state index contributed by atoms with van der Waals surface area (Å²) in [5.74, 6) is -1.57. The Hall–Kier alpha value is -2.05. The monoisotopic (exact) mass is 385 g/mol. The Bertz CT molecular complexity index is 951. The minimum Gasteiger partial charge on any atom is -0.479 e. The molecule has 140 valence electrons. The summed E-state index contributed by atoms with van der Waals surface area (Å²) in [5.41, 5.74) is 0.446. The highest BCUT2D eigenvalue weighted by atomic mass is 35.5. The van der Waals surface area contributed by atoms with Crippen LogP contribution in [0.2, 0.25) is 0 Å². The topological polar surface area (TPSA) is 177 Å². The molecular formula is C14H16ClN5O6. The lowest BCUT2D eigenvalue weighted by Gasteiger charge is -2.34. The van der Waals surface area contributed by atoms with Crippen molar-refractivity contribution in [1.29, 1.82) is 0 Å². The standard InChI is InChI=1S/C14H16ClN5O6/c1-11(2)12(24)7(6(21)10(22)23)26-14(15,13(11,12)25)20-4-19-5-8(16)17-3-18-9(5)20/h3-4,6-7,21,24-25H,1-2H3,(H,22,23)(H2,16,17,18)/t6?,7-,12-,13+,14+/m1/s1. The van der Waals surface area contributed by atoms with Gasteiger partial charge in [0.1, 0.15) is 29.9 Å². The molecule has 0 bridgehead atoms. The van der Waals surface area contributed by atoms with Crippen molar-refractivity contribution in [2.45, 2.75) is 42.4 Å². The lowest BCUT2D eigenvalue weighted by Crippen LogP contribution is -2.48. The van der Waals surface area contributed by atoms with Gasteiger partial charge in [-0.05, 0) is 0 Å². The van der Waals surface area contributed by atoms with E-state index >= 15 is 0 Å². The highest BCUT2D eigenvalue weighted by Gasteiger charge is 2.98. The Morgan fingerprint density at radius 2 is 2.04 bits per heavy atom. The van der Waals surface area contributed by atoms with E-state index in [0.717, 1.165) is 10.9 Å². The van der Waals surface area contributed by atoms with Crippen LogP contribution >= 0.6 is 11.6 Å². The molecule has 12 heteroatoms. The smallest absolute Gasteiger partial charge is 0.335 e. The minimum atomic E-state index is -2.19. The zero-order valence-electron chi connectivity index (χ0n) is 13.7. The highest BCUT2D eigenvalue weighted by Crippen LogP contribution is 2.78. The number of halogens is 1. The molecule has 2 aromatic heterocycles. The average Bonchev–Trinajstić information content (AvgIpc) is 2.94. The first-order chi connectivity index (χ1) is 11.9. The Morgan fingerprint density at radius 3 is 2.65 bits per heavy atom. The van der Waals surface area contributed by atoms with Crippen molar-refractivity contribution in [3.05, 3.63) is 12.7 Å². The van der Waals surface area contributed by atoms with Gasteiger partial charge in [0.25, 0.3) is 5.18 Å². The third-order valence-electron chi connectivity index (χ3n) is 5.70. The number of aliphatic hydroxyl groups excluding tert-OH is 1. The molecule has 1 saturated heterocycles. The molecule has 2 aromatic rings. The van der Waals surface area contributed by atoms with Gasteiger partial charge in [0, 0.05) is 5.41 Å². The summed E-state index contributed by atoms with van der Waals surface area (Å²) in [7, 11) is 0. The van der Waals surface area contributed by atoms with Crippen molar-refractivity contribution in [2.24, 2.45) is 5.41 Å². The molecule has 2 fully saturated rings. The Balaban J connectivity index is 1.94. The first-order valence-corrected chi connectivity index (χ1v) is 7.99. The van der Waals surface area contributed by atoms with Gasteiger partial charge in [0.15, 0.2) is 23.2 Å². The SMILES string of the molecule is CC1(C)[C@@]2(O)[C@](Cl)(n3cnc4c(N)ncnc43)O[C@H](C(O)C(=O)O)[C@@]12O. The number of alkyl halides is 1. The molecule has 6 N–H and O–H groups in total. The fourth-order valence-corrected chi connectivity index (χ4v) is 4.70. The molecule has 1 saturated carbocycles. The van der Waals surface area contributed by atoms with Gasteiger partial charge < -0.3 is 30.9 Å². The molecule has 5 atom stereocenters. The number of rotatable bonds is 3. The maximum atomic E-state index is 11.2. The number of hydrogen-bond donors (Lipinski definition) is 5. The molecule has 0 aromatic carbocycles. The van der Waals surface area contributed by atoms with Gasteiger partial charge in [-0.3, -0.25) is 4.57 Å². The molecular weight excluding hydrogens is 370 g/mol. The molecule has 3 heterocycles. The van der Waals surface area contributed by atoms with E-state index < -0.39 is 40.0 Å². The zero-order chi connectivity index (χ0) is 19.3. The molecule has 1 unspecified atom stereocenters. The van der Waals surface area contributed by atoms with Crippen LogP contribution in [-0.4, -0.2) is 69.3 Å². The fourth-order valence-electron chi connectivity index (χ4n) is 4.10. The van der Waals surface area contributed by atoms with Crippen LogP contribution in [0.1, 0.15) is 13.8 Å². The number of aliphatic carboxylic acids is 1. The van der Waals surface area contributed by atoms with Crippen molar-refractivity contribution in [3.8, 4) is 0 Å². The van der Waals surface area contributed by atoms with Crippen LogP contribution in [0.3, 0.4) is 0 Å². The van der Waals surface area contributed by atoms with E-state index in [-0.39, 0.29) is 17.0 Å². The molecule has 0 radical (unpaired) electrons. The maximum absolute atomic E-state index is 11.2. The van der Waals surface area contributed by atoms with Crippen molar-refractivity contribution >= 4 is 34.6 Å². The summed E-state index contributed by atoms with van der Waals surface area (Å²) in [6.45, 7) is 2.97. The second-order valence-electron chi connectivity index (χ2n) is 7.03. The van der Waals surface area contributed by atoms with Crippen LogP contribution < -0.4 is 5.73 Å². The number of nitrogens with zero attached hydrogens (tertiary/aromatic N) is 4. The molecule has 1 aliphatic heterocycles. The molecule has 0 spiro atoms. The minimum absolute atomic E-state index is 0.0615. The summed E-state index contributed by atoms with van der Waals surface area (Å²) < 4.78 is 6.66. The molecule has 26 heavy (non-hydrogen) atoms. The molecule has 11 nitrogen and oxygen atoms in total. The van der Waals surface area contributed by atoms with Crippen LogP contribution in [0.4, 0.5) is 5.82 Å². The molecule has 1 aliphatic carbocycles. The Labute approximate surface area is 151 Å². The molecule has 4 rings (SSSR count). The third kappa shape index (κ3) is 1.51.